The van der Waals surface area contributed by atoms with Crippen molar-refractivity contribution in [2.24, 2.45) is 5.92 Å². The molecule has 120 valence electrons. The van der Waals surface area contributed by atoms with Gasteiger partial charge in [0.1, 0.15) is 6.61 Å². The molecule has 0 unspecified atom stereocenters. The quantitative estimate of drug-likeness (QED) is 0.747. The minimum atomic E-state index is 0.272. The topological polar surface area (TPSA) is 100 Å². The summed E-state index contributed by atoms with van der Waals surface area (Å²) in [6.45, 7) is 3.91. The third kappa shape index (κ3) is 3.28. The van der Waals surface area contributed by atoms with Crippen molar-refractivity contribution >= 4 is 17.0 Å². The lowest BCUT2D eigenvalue weighted by Crippen LogP contribution is -2.29. The maximum Gasteiger partial charge on any atom is 0.320 e. The number of anilines is 1. The Morgan fingerprint density at radius 3 is 2.91 bits per heavy atom. The van der Waals surface area contributed by atoms with Crippen LogP contribution in [0.1, 0.15) is 12.8 Å². The Hall–Kier alpha value is -1.93. The highest BCUT2D eigenvalue weighted by molar-refractivity contribution is 5.81. The minimum Gasteiger partial charge on any atom is -0.461 e. The van der Waals surface area contributed by atoms with Crippen molar-refractivity contribution in [3.63, 3.8) is 0 Å². The molecule has 0 spiro atoms. The van der Waals surface area contributed by atoms with Gasteiger partial charge < -0.3 is 25.1 Å². The van der Waals surface area contributed by atoms with Gasteiger partial charge in [-0.2, -0.15) is 9.97 Å². The summed E-state index contributed by atoms with van der Waals surface area (Å²) in [7, 11) is 1.62. The largest absolute Gasteiger partial charge is 0.461 e. The Morgan fingerprint density at radius 2 is 2.14 bits per heavy atom. The molecule has 0 radical (unpaired) electrons. The normalized spacial score (nSPS) is 16.2. The number of nitrogens with two attached hydrogens (primary N) is 1. The average Bonchev–Trinajstić information content (AvgIpc) is 2.92. The van der Waals surface area contributed by atoms with Gasteiger partial charge in [-0.05, 0) is 31.8 Å². The van der Waals surface area contributed by atoms with Crippen molar-refractivity contribution in [1.29, 1.82) is 0 Å². The van der Waals surface area contributed by atoms with Crippen molar-refractivity contribution in [1.82, 2.24) is 24.8 Å². The Morgan fingerprint density at radius 1 is 1.32 bits per heavy atom. The van der Waals surface area contributed by atoms with E-state index in [0.717, 1.165) is 38.1 Å². The molecule has 1 aliphatic heterocycles. The summed E-state index contributed by atoms with van der Waals surface area (Å²) in [5.41, 5.74) is 7.33. The van der Waals surface area contributed by atoms with Crippen LogP contribution in [0.2, 0.25) is 0 Å². The molecule has 2 aromatic rings. The van der Waals surface area contributed by atoms with Crippen LogP contribution in [0, 0.1) is 5.92 Å². The Labute approximate surface area is 129 Å². The van der Waals surface area contributed by atoms with Gasteiger partial charge in [0.15, 0.2) is 17.0 Å². The first-order valence-corrected chi connectivity index (χ1v) is 7.58. The number of fused-ring (bicyclic) bond motifs is 1. The maximum absolute atomic E-state index is 5.96. The highest BCUT2D eigenvalue weighted by Gasteiger charge is 2.17. The molecule has 0 atom stereocenters. The lowest BCUT2D eigenvalue weighted by molar-refractivity contribution is 0.141. The van der Waals surface area contributed by atoms with Gasteiger partial charge in [0, 0.05) is 13.7 Å². The summed E-state index contributed by atoms with van der Waals surface area (Å²) in [5.74, 6) is 0.981. The predicted molar refractivity (Wildman–Crippen MR) is 82.7 cm³/mol. The van der Waals surface area contributed by atoms with E-state index in [9.17, 15) is 0 Å². The molecule has 0 bridgehead atoms. The molecule has 8 nitrogen and oxygen atoms in total. The first kappa shape index (κ1) is 15.0. The Balaban J connectivity index is 1.80. The van der Waals surface area contributed by atoms with Gasteiger partial charge >= 0.3 is 6.01 Å². The monoisotopic (exact) mass is 306 g/mol. The van der Waals surface area contributed by atoms with Crippen molar-refractivity contribution in [2.75, 3.05) is 39.1 Å². The standard InChI is InChI=1S/C14H22N6O2/c1-21-6-7-22-14-18-12(15)11-13(19-14)20(9-17-11)8-10-2-4-16-5-3-10/h9-10,16H,2-8H2,1H3,(H2,15,18,19). The van der Waals surface area contributed by atoms with E-state index < -0.39 is 0 Å². The minimum absolute atomic E-state index is 0.272. The summed E-state index contributed by atoms with van der Waals surface area (Å²) in [6.07, 6.45) is 4.12. The second kappa shape index (κ2) is 6.89. The van der Waals surface area contributed by atoms with Crippen molar-refractivity contribution < 1.29 is 9.47 Å². The lowest BCUT2D eigenvalue weighted by atomic mass is 9.98. The van der Waals surface area contributed by atoms with Crippen LogP contribution < -0.4 is 15.8 Å². The van der Waals surface area contributed by atoms with Crippen molar-refractivity contribution in [3.8, 4) is 6.01 Å². The van der Waals surface area contributed by atoms with Crippen LogP contribution in [0.25, 0.3) is 11.2 Å². The number of nitrogens with one attached hydrogen (secondary N) is 1. The fraction of sp³-hybridized carbons (Fsp3) is 0.643. The smallest absolute Gasteiger partial charge is 0.320 e. The molecule has 22 heavy (non-hydrogen) atoms. The van der Waals surface area contributed by atoms with E-state index in [4.69, 9.17) is 15.2 Å². The summed E-state index contributed by atoms with van der Waals surface area (Å²) in [6, 6.07) is 0.272. The molecule has 2 aromatic heterocycles. The highest BCUT2D eigenvalue weighted by atomic mass is 16.5. The van der Waals surface area contributed by atoms with Gasteiger partial charge in [0.05, 0.1) is 12.9 Å². The van der Waals surface area contributed by atoms with Gasteiger partial charge in [-0.3, -0.25) is 0 Å². The molecular formula is C14H22N6O2. The van der Waals surface area contributed by atoms with Crippen LogP contribution in [-0.4, -0.2) is 52.9 Å². The summed E-state index contributed by atoms with van der Waals surface area (Å²) < 4.78 is 12.5. The van der Waals surface area contributed by atoms with E-state index in [-0.39, 0.29) is 6.01 Å². The van der Waals surface area contributed by atoms with Crippen molar-refractivity contribution in [2.45, 2.75) is 19.4 Å². The van der Waals surface area contributed by atoms with E-state index >= 15 is 0 Å². The number of imidazole rings is 1. The van der Waals surface area contributed by atoms with Gasteiger partial charge in [-0.25, -0.2) is 4.98 Å². The summed E-state index contributed by atoms with van der Waals surface area (Å²) in [5, 5.41) is 3.38. The Kier molecular flexibility index (Phi) is 4.69. The third-order valence-electron chi connectivity index (χ3n) is 3.90. The van der Waals surface area contributed by atoms with E-state index in [1.54, 1.807) is 13.4 Å². The number of rotatable bonds is 6. The lowest BCUT2D eigenvalue weighted by Gasteiger charge is -2.22. The molecule has 0 saturated carbocycles. The molecule has 3 rings (SSSR count). The highest BCUT2D eigenvalue weighted by Crippen LogP contribution is 2.22. The van der Waals surface area contributed by atoms with Gasteiger partial charge in [0.25, 0.3) is 0 Å². The van der Waals surface area contributed by atoms with Gasteiger partial charge in [-0.15, -0.1) is 0 Å². The van der Waals surface area contributed by atoms with E-state index in [1.165, 1.54) is 0 Å². The average molecular weight is 306 g/mol. The van der Waals surface area contributed by atoms with Crippen LogP contribution in [0.4, 0.5) is 5.82 Å². The van der Waals surface area contributed by atoms with Crippen LogP contribution in [0.15, 0.2) is 6.33 Å². The SMILES string of the molecule is COCCOc1nc(N)c2ncn(CC3CCNCC3)c2n1. The number of hydrogen-bond acceptors (Lipinski definition) is 7. The molecule has 3 heterocycles. The number of methoxy groups -OCH3 is 1. The molecule has 8 heteroatoms. The van der Waals surface area contributed by atoms with E-state index in [1.807, 2.05) is 4.57 Å². The molecule has 3 N–H and O–H groups in total. The molecular weight excluding hydrogens is 284 g/mol. The second-order valence-electron chi connectivity index (χ2n) is 5.50. The molecule has 0 amide bonds. The number of hydrogen-bond donors (Lipinski definition) is 2. The third-order valence-corrected chi connectivity index (χ3v) is 3.90. The van der Waals surface area contributed by atoms with Crippen molar-refractivity contribution in [3.05, 3.63) is 6.33 Å². The number of ether oxygens (including phenoxy) is 2. The van der Waals surface area contributed by atoms with Crippen LogP contribution in [-0.2, 0) is 11.3 Å². The summed E-state index contributed by atoms with van der Waals surface area (Å²) in [4.78, 5) is 12.9. The Bertz CT molecular complexity index is 623. The van der Waals surface area contributed by atoms with Crippen LogP contribution in [0.3, 0.4) is 0 Å². The molecule has 1 saturated heterocycles. The zero-order valence-corrected chi connectivity index (χ0v) is 12.8. The number of aromatic nitrogens is 4. The van der Waals surface area contributed by atoms with Crippen LogP contribution >= 0.6 is 0 Å². The first-order valence-electron chi connectivity index (χ1n) is 7.58. The predicted octanol–water partition coefficient (Wildman–Crippen LogP) is 0.433. The van der Waals surface area contributed by atoms with E-state index in [0.29, 0.717) is 30.5 Å². The number of nitrogen functional groups attached to an aromatic ring is 1. The number of piperidine rings is 1. The maximum atomic E-state index is 5.96. The molecule has 0 aliphatic carbocycles. The fourth-order valence-corrected chi connectivity index (χ4v) is 2.70. The first-order chi connectivity index (χ1) is 10.8. The van der Waals surface area contributed by atoms with Gasteiger partial charge in [0.2, 0.25) is 0 Å². The summed E-state index contributed by atoms with van der Waals surface area (Å²) >= 11 is 0. The zero-order valence-electron chi connectivity index (χ0n) is 12.8. The molecule has 1 fully saturated rings. The number of nitrogens with zero attached hydrogens (tertiary/aromatic N) is 4. The van der Waals surface area contributed by atoms with Crippen LogP contribution in [0.5, 0.6) is 6.01 Å². The van der Waals surface area contributed by atoms with E-state index in [2.05, 4.69) is 20.3 Å². The fourth-order valence-electron chi connectivity index (χ4n) is 2.70. The van der Waals surface area contributed by atoms with Gasteiger partial charge in [-0.1, -0.05) is 0 Å². The second-order valence-corrected chi connectivity index (χ2v) is 5.50. The molecule has 0 aromatic carbocycles. The zero-order chi connectivity index (χ0) is 15.4. The molecule has 1 aliphatic rings.